The molecule has 0 aromatic carbocycles. The van der Waals surface area contributed by atoms with Crippen molar-refractivity contribution in [3.63, 3.8) is 0 Å². The van der Waals surface area contributed by atoms with E-state index in [4.69, 9.17) is 5.11 Å². The average molecular weight is 181 g/mol. The number of aryl methyl sites for hydroxylation is 1. The van der Waals surface area contributed by atoms with Gasteiger partial charge in [0.05, 0.1) is 6.42 Å². The fraction of sp³-hybridized carbons (Fsp3) is 0.500. The summed E-state index contributed by atoms with van der Waals surface area (Å²) in [7, 11) is 0. The lowest BCUT2D eigenvalue weighted by Crippen LogP contribution is -1.99. The van der Waals surface area contributed by atoms with Crippen molar-refractivity contribution in [1.82, 2.24) is 4.98 Å². The Hall–Kier alpha value is -1.25. The highest BCUT2D eigenvalue weighted by molar-refractivity contribution is 5.70. The van der Waals surface area contributed by atoms with Crippen LogP contribution in [0.1, 0.15) is 36.7 Å². The first kappa shape index (κ1) is 9.84. The third kappa shape index (κ3) is 2.34. The molecule has 1 aromatic heterocycles. The number of carboxylic acids is 1. The Labute approximate surface area is 77.8 Å². The molecule has 0 fully saturated rings. The summed E-state index contributed by atoms with van der Waals surface area (Å²) in [6.45, 7) is 6.07. The SMILES string of the molecule is Cc1[nH]c(C(C)C)cc1CC(=O)O. The highest BCUT2D eigenvalue weighted by Gasteiger charge is 2.09. The predicted octanol–water partition coefficient (Wildman–Crippen LogP) is 2.07. The summed E-state index contributed by atoms with van der Waals surface area (Å²) in [5, 5.41) is 8.63. The summed E-state index contributed by atoms with van der Waals surface area (Å²) in [6.07, 6.45) is 0.106. The van der Waals surface area contributed by atoms with Gasteiger partial charge in [0.25, 0.3) is 0 Å². The van der Waals surface area contributed by atoms with Gasteiger partial charge in [-0.3, -0.25) is 4.79 Å². The van der Waals surface area contributed by atoms with E-state index in [1.165, 1.54) is 0 Å². The molecule has 13 heavy (non-hydrogen) atoms. The van der Waals surface area contributed by atoms with E-state index < -0.39 is 5.97 Å². The van der Waals surface area contributed by atoms with Crippen molar-refractivity contribution in [2.75, 3.05) is 0 Å². The monoisotopic (exact) mass is 181 g/mol. The van der Waals surface area contributed by atoms with E-state index in [0.717, 1.165) is 17.0 Å². The van der Waals surface area contributed by atoms with Crippen LogP contribution in [0.25, 0.3) is 0 Å². The topological polar surface area (TPSA) is 53.1 Å². The fourth-order valence-corrected chi connectivity index (χ4v) is 1.29. The first-order valence-corrected chi connectivity index (χ1v) is 4.41. The quantitative estimate of drug-likeness (QED) is 0.750. The average Bonchev–Trinajstić information content (AvgIpc) is 2.31. The molecule has 0 saturated heterocycles. The number of hydrogen-bond donors (Lipinski definition) is 2. The highest BCUT2D eigenvalue weighted by atomic mass is 16.4. The summed E-state index contributed by atoms with van der Waals surface area (Å²) < 4.78 is 0. The lowest BCUT2D eigenvalue weighted by atomic mass is 10.1. The third-order valence-corrected chi connectivity index (χ3v) is 2.11. The van der Waals surface area contributed by atoms with Crippen molar-refractivity contribution in [3.05, 3.63) is 23.0 Å². The Balaban J connectivity index is 2.89. The van der Waals surface area contributed by atoms with Crippen LogP contribution in [-0.2, 0) is 11.2 Å². The van der Waals surface area contributed by atoms with Gasteiger partial charge in [-0.2, -0.15) is 0 Å². The van der Waals surface area contributed by atoms with Gasteiger partial charge in [-0.1, -0.05) is 13.8 Å². The molecular formula is C10H15NO2. The van der Waals surface area contributed by atoms with Crippen molar-refractivity contribution < 1.29 is 9.90 Å². The summed E-state index contributed by atoms with van der Waals surface area (Å²) >= 11 is 0. The number of nitrogens with one attached hydrogen (secondary N) is 1. The number of H-pyrrole nitrogens is 1. The first-order chi connectivity index (χ1) is 6.00. The zero-order valence-corrected chi connectivity index (χ0v) is 8.22. The van der Waals surface area contributed by atoms with Crippen LogP contribution in [0.5, 0.6) is 0 Å². The van der Waals surface area contributed by atoms with Crippen LogP contribution in [0.15, 0.2) is 6.07 Å². The Bertz CT molecular complexity index is 313. The molecule has 3 heteroatoms. The van der Waals surface area contributed by atoms with E-state index in [2.05, 4.69) is 18.8 Å². The third-order valence-electron chi connectivity index (χ3n) is 2.11. The van der Waals surface area contributed by atoms with Gasteiger partial charge in [-0.25, -0.2) is 0 Å². The second-order valence-corrected chi connectivity index (χ2v) is 3.60. The molecule has 72 valence electrons. The second-order valence-electron chi connectivity index (χ2n) is 3.60. The van der Waals surface area contributed by atoms with Gasteiger partial charge in [0, 0.05) is 11.4 Å². The molecule has 0 amide bonds. The minimum atomic E-state index is -0.780. The molecular weight excluding hydrogens is 166 g/mol. The van der Waals surface area contributed by atoms with Crippen molar-refractivity contribution in [3.8, 4) is 0 Å². The van der Waals surface area contributed by atoms with Gasteiger partial charge in [0.15, 0.2) is 0 Å². The molecule has 0 radical (unpaired) electrons. The lowest BCUT2D eigenvalue weighted by molar-refractivity contribution is -0.136. The van der Waals surface area contributed by atoms with E-state index in [9.17, 15) is 4.79 Å². The van der Waals surface area contributed by atoms with E-state index >= 15 is 0 Å². The maximum absolute atomic E-state index is 10.5. The van der Waals surface area contributed by atoms with Gasteiger partial charge < -0.3 is 10.1 Å². The molecule has 0 spiro atoms. The lowest BCUT2D eigenvalue weighted by Gasteiger charge is -1.98. The maximum Gasteiger partial charge on any atom is 0.307 e. The van der Waals surface area contributed by atoms with Gasteiger partial charge in [0.2, 0.25) is 0 Å². The normalized spacial score (nSPS) is 10.8. The molecule has 1 aromatic rings. The molecule has 0 atom stereocenters. The molecule has 0 bridgehead atoms. The molecule has 0 unspecified atom stereocenters. The van der Waals surface area contributed by atoms with Crippen LogP contribution in [0.3, 0.4) is 0 Å². The minimum absolute atomic E-state index is 0.106. The Morgan fingerprint density at radius 1 is 1.62 bits per heavy atom. The number of carboxylic acid groups (broad SMARTS) is 1. The largest absolute Gasteiger partial charge is 0.481 e. The molecule has 0 aliphatic rings. The molecule has 1 heterocycles. The number of aromatic nitrogens is 1. The van der Waals surface area contributed by atoms with E-state index in [-0.39, 0.29) is 6.42 Å². The molecule has 2 N–H and O–H groups in total. The highest BCUT2D eigenvalue weighted by Crippen LogP contribution is 2.17. The summed E-state index contributed by atoms with van der Waals surface area (Å²) in [5.41, 5.74) is 2.95. The summed E-state index contributed by atoms with van der Waals surface area (Å²) in [5.74, 6) is -0.362. The number of aliphatic carboxylic acids is 1. The molecule has 0 saturated carbocycles. The van der Waals surface area contributed by atoms with Gasteiger partial charge >= 0.3 is 5.97 Å². The maximum atomic E-state index is 10.5. The van der Waals surface area contributed by atoms with E-state index in [1.54, 1.807) is 0 Å². The van der Waals surface area contributed by atoms with Crippen molar-refractivity contribution >= 4 is 5.97 Å². The number of carbonyl (C=O) groups is 1. The zero-order chi connectivity index (χ0) is 10.0. The van der Waals surface area contributed by atoms with Crippen LogP contribution < -0.4 is 0 Å². The smallest absolute Gasteiger partial charge is 0.307 e. The van der Waals surface area contributed by atoms with Crippen molar-refractivity contribution in [2.45, 2.75) is 33.1 Å². The van der Waals surface area contributed by atoms with E-state index in [1.807, 2.05) is 13.0 Å². The number of aromatic amines is 1. The molecule has 0 aliphatic heterocycles. The van der Waals surface area contributed by atoms with Crippen molar-refractivity contribution in [1.29, 1.82) is 0 Å². The van der Waals surface area contributed by atoms with E-state index in [0.29, 0.717) is 5.92 Å². The Morgan fingerprint density at radius 2 is 2.23 bits per heavy atom. The van der Waals surface area contributed by atoms with Crippen molar-refractivity contribution in [2.24, 2.45) is 0 Å². The summed E-state index contributed by atoms with van der Waals surface area (Å²) in [6, 6.07) is 1.94. The van der Waals surface area contributed by atoms with Crippen LogP contribution in [-0.4, -0.2) is 16.1 Å². The van der Waals surface area contributed by atoms with Gasteiger partial charge in [-0.05, 0) is 24.5 Å². The Morgan fingerprint density at radius 3 is 2.62 bits per heavy atom. The first-order valence-electron chi connectivity index (χ1n) is 4.41. The van der Waals surface area contributed by atoms with Crippen LogP contribution >= 0.6 is 0 Å². The summed E-state index contributed by atoms with van der Waals surface area (Å²) in [4.78, 5) is 13.7. The molecule has 3 nitrogen and oxygen atoms in total. The van der Waals surface area contributed by atoms with Crippen LogP contribution in [0.2, 0.25) is 0 Å². The number of rotatable bonds is 3. The Kier molecular flexibility index (Phi) is 2.76. The molecule has 0 aliphatic carbocycles. The minimum Gasteiger partial charge on any atom is -0.481 e. The zero-order valence-electron chi connectivity index (χ0n) is 8.22. The molecule has 1 rings (SSSR count). The number of hydrogen-bond acceptors (Lipinski definition) is 1. The standard InChI is InChI=1S/C10H15NO2/c1-6(2)9-4-8(5-10(12)13)7(3)11-9/h4,6,11H,5H2,1-3H3,(H,12,13). The van der Waals surface area contributed by atoms with Gasteiger partial charge in [-0.15, -0.1) is 0 Å². The van der Waals surface area contributed by atoms with Crippen LogP contribution in [0.4, 0.5) is 0 Å². The van der Waals surface area contributed by atoms with Gasteiger partial charge in [0.1, 0.15) is 0 Å². The predicted molar refractivity (Wildman–Crippen MR) is 51.0 cm³/mol. The van der Waals surface area contributed by atoms with Crippen LogP contribution in [0, 0.1) is 6.92 Å². The fourth-order valence-electron chi connectivity index (χ4n) is 1.29. The second kappa shape index (κ2) is 3.64.